The van der Waals surface area contributed by atoms with Crippen LogP contribution in [0.3, 0.4) is 0 Å². The van der Waals surface area contributed by atoms with Gasteiger partial charge in [0.2, 0.25) is 0 Å². The van der Waals surface area contributed by atoms with Gasteiger partial charge in [-0.05, 0) is 36.4 Å². The summed E-state index contributed by atoms with van der Waals surface area (Å²) >= 11 is 7.33. The first-order valence-corrected chi connectivity index (χ1v) is 11.1. The van der Waals surface area contributed by atoms with Gasteiger partial charge in [0.25, 0.3) is 5.91 Å². The Labute approximate surface area is 167 Å². The zero-order valence-corrected chi connectivity index (χ0v) is 16.9. The topological polar surface area (TPSA) is 89.5 Å². The largest absolute Gasteiger partial charge is 0.456 e. The maximum Gasteiger partial charge on any atom is 0.307 e. The Hall–Kier alpha value is -2.03. The van der Waals surface area contributed by atoms with E-state index >= 15 is 0 Å². The van der Waals surface area contributed by atoms with E-state index in [9.17, 15) is 18.0 Å². The lowest BCUT2D eigenvalue weighted by atomic mass is 10.3. The second-order valence-corrected chi connectivity index (χ2v) is 9.45. The third-order valence-corrected chi connectivity index (χ3v) is 5.53. The molecule has 0 bridgehead atoms. The molecule has 0 heterocycles. The monoisotopic (exact) mass is 427 g/mol. The summed E-state index contributed by atoms with van der Waals surface area (Å²) < 4.78 is 26.9. The number of carbonyl (C=O) groups is 2. The average molecular weight is 428 g/mol. The quantitative estimate of drug-likeness (QED) is 0.649. The number of nitrogens with one attached hydrogen (secondary N) is 1. The molecule has 144 valence electrons. The highest BCUT2D eigenvalue weighted by Crippen LogP contribution is 2.33. The van der Waals surface area contributed by atoms with Crippen molar-refractivity contribution >= 4 is 50.8 Å². The molecule has 2 aromatic rings. The fourth-order valence-electron chi connectivity index (χ4n) is 1.96. The normalized spacial score (nSPS) is 11.0. The maximum absolute atomic E-state index is 12.0. The van der Waals surface area contributed by atoms with Crippen molar-refractivity contribution in [1.82, 2.24) is 0 Å². The molecule has 1 N–H and O–H groups in total. The Kier molecular flexibility index (Phi) is 7.70. The molecule has 0 radical (unpaired) electrons. The molecule has 0 aliphatic carbocycles. The summed E-state index contributed by atoms with van der Waals surface area (Å²) in [5, 5.41) is 3.33. The highest BCUT2D eigenvalue weighted by Gasteiger charge is 2.13. The van der Waals surface area contributed by atoms with Gasteiger partial charge in [0, 0.05) is 21.1 Å². The molecular formula is C18H18ClNO5S2. The summed E-state index contributed by atoms with van der Waals surface area (Å²) in [4.78, 5) is 25.3. The molecule has 0 spiro atoms. The van der Waals surface area contributed by atoms with Crippen LogP contribution in [0.25, 0.3) is 0 Å². The summed E-state index contributed by atoms with van der Waals surface area (Å²) in [6.45, 7) is -0.484. The molecule has 2 rings (SSSR count). The van der Waals surface area contributed by atoms with Gasteiger partial charge in [-0.15, -0.1) is 0 Å². The van der Waals surface area contributed by atoms with Crippen LogP contribution in [0, 0.1) is 0 Å². The van der Waals surface area contributed by atoms with E-state index in [-0.39, 0.29) is 12.2 Å². The summed E-state index contributed by atoms with van der Waals surface area (Å²) in [6, 6.07) is 14.5. The molecule has 0 fully saturated rings. The zero-order chi connectivity index (χ0) is 19.9. The predicted molar refractivity (Wildman–Crippen MR) is 106 cm³/mol. The van der Waals surface area contributed by atoms with Crippen LogP contribution in [0.2, 0.25) is 5.02 Å². The molecule has 0 atom stereocenters. The average Bonchev–Trinajstić information content (AvgIpc) is 2.61. The lowest BCUT2D eigenvalue weighted by Crippen LogP contribution is -2.22. The fourth-order valence-corrected chi connectivity index (χ4v) is 3.53. The van der Waals surface area contributed by atoms with Gasteiger partial charge in [-0.2, -0.15) is 0 Å². The number of rotatable bonds is 8. The van der Waals surface area contributed by atoms with Crippen LogP contribution >= 0.6 is 23.4 Å². The van der Waals surface area contributed by atoms with E-state index in [2.05, 4.69) is 5.32 Å². The lowest BCUT2D eigenvalue weighted by molar-refractivity contribution is -0.146. The van der Waals surface area contributed by atoms with Crippen molar-refractivity contribution in [3.05, 3.63) is 53.6 Å². The van der Waals surface area contributed by atoms with E-state index in [0.29, 0.717) is 10.7 Å². The number of anilines is 1. The van der Waals surface area contributed by atoms with Crippen molar-refractivity contribution in [2.24, 2.45) is 0 Å². The van der Waals surface area contributed by atoms with E-state index in [1.54, 1.807) is 24.3 Å². The van der Waals surface area contributed by atoms with Gasteiger partial charge in [-0.1, -0.05) is 35.5 Å². The van der Waals surface area contributed by atoms with Crippen LogP contribution in [-0.4, -0.2) is 38.9 Å². The van der Waals surface area contributed by atoms with Crippen molar-refractivity contribution in [2.75, 3.05) is 23.9 Å². The molecule has 0 saturated carbocycles. The third kappa shape index (κ3) is 8.03. The van der Waals surface area contributed by atoms with Crippen LogP contribution in [-0.2, 0) is 24.2 Å². The Morgan fingerprint density at radius 3 is 2.44 bits per heavy atom. The smallest absolute Gasteiger partial charge is 0.307 e. The maximum atomic E-state index is 12.0. The molecule has 6 nitrogen and oxygen atoms in total. The van der Waals surface area contributed by atoms with Crippen molar-refractivity contribution < 1.29 is 22.7 Å². The molecular weight excluding hydrogens is 410 g/mol. The number of ether oxygens (including phenoxy) is 1. The van der Waals surface area contributed by atoms with Gasteiger partial charge in [-0.3, -0.25) is 9.59 Å². The van der Waals surface area contributed by atoms with Crippen LogP contribution in [0.5, 0.6) is 0 Å². The number of amides is 1. The summed E-state index contributed by atoms with van der Waals surface area (Å²) in [6.07, 6.45) is 0.747. The predicted octanol–water partition coefficient (Wildman–Crippen LogP) is 3.41. The minimum absolute atomic E-state index is 0.283. The number of halogens is 1. The molecule has 0 aliphatic heterocycles. The molecule has 0 aliphatic rings. The van der Waals surface area contributed by atoms with Crippen molar-refractivity contribution in [3.8, 4) is 0 Å². The van der Waals surface area contributed by atoms with Crippen molar-refractivity contribution in [1.29, 1.82) is 0 Å². The number of sulfone groups is 1. The Morgan fingerprint density at radius 1 is 1.11 bits per heavy atom. The zero-order valence-electron chi connectivity index (χ0n) is 14.5. The van der Waals surface area contributed by atoms with Gasteiger partial charge in [0.15, 0.2) is 6.61 Å². The minimum Gasteiger partial charge on any atom is -0.456 e. The number of para-hydroxylation sites is 1. The first-order valence-electron chi connectivity index (χ1n) is 7.88. The second-order valence-electron chi connectivity index (χ2n) is 5.64. The molecule has 1 amide bonds. The molecule has 9 heteroatoms. The number of hydrogen-bond donors (Lipinski definition) is 1. The van der Waals surface area contributed by atoms with Crippen LogP contribution in [0.1, 0.15) is 6.42 Å². The van der Waals surface area contributed by atoms with E-state index < -0.39 is 28.3 Å². The van der Waals surface area contributed by atoms with Gasteiger partial charge in [0.05, 0.1) is 17.9 Å². The third-order valence-electron chi connectivity index (χ3n) is 3.24. The fraction of sp³-hybridized carbons (Fsp3) is 0.222. The first-order chi connectivity index (χ1) is 12.7. The number of benzene rings is 2. The summed E-state index contributed by atoms with van der Waals surface area (Å²) in [5.74, 6) is -1.56. The molecule has 0 saturated heterocycles. The van der Waals surface area contributed by atoms with Gasteiger partial charge < -0.3 is 10.1 Å². The van der Waals surface area contributed by atoms with Gasteiger partial charge in [0.1, 0.15) is 9.84 Å². The standard InChI is InChI=1S/C18H18ClNO5S2/c1-27(23,24)11-10-18(22)25-12-17(21)20-15-4-2-3-5-16(15)26-14-8-6-13(19)7-9-14/h2-9H,10-12H2,1H3,(H,20,21). The van der Waals surface area contributed by atoms with Crippen LogP contribution in [0.15, 0.2) is 58.3 Å². The van der Waals surface area contributed by atoms with E-state index in [1.165, 1.54) is 11.8 Å². The molecule has 2 aromatic carbocycles. The highest BCUT2D eigenvalue weighted by atomic mass is 35.5. The van der Waals surface area contributed by atoms with E-state index in [1.807, 2.05) is 24.3 Å². The SMILES string of the molecule is CS(=O)(=O)CCC(=O)OCC(=O)Nc1ccccc1Sc1ccc(Cl)cc1. The Morgan fingerprint density at radius 2 is 1.78 bits per heavy atom. The van der Waals surface area contributed by atoms with Gasteiger partial charge in [-0.25, -0.2) is 8.42 Å². The van der Waals surface area contributed by atoms with Crippen molar-refractivity contribution in [3.63, 3.8) is 0 Å². The molecule has 27 heavy (non-hydrogen) atoms. The van der Waals surface area contributed by atoms with E-state index in [0.717, 1.165) is 16.0 Å². The first kappa shape index (κ1) is 21.3. The number of hydrogen-bond acceptors (Lipinski definition) is 6. The van der Waals surface area contributed by atoms with Gasteiger partial charge >= 0.3 is 5.97 Å². The number of esters is 1. The Bertz CT molecular complexity index is 914. The van der Waals surface area contributed by atoms with Crippen molar-refractivity contribution in [2.45, 2.75) is 16.2 Å². The molecule has 0 aromatic heterocycles. The number of carbonyl (C=O) groups excluding carboxylic acids is 2. The lowest BCUT2D eigenvalue weighted by Gasteiger charge is -2.11. The summed E-state index contributed by atoms with van der Waals surface area (Å²) in [5.41, 5.74) is 0.578. The van der Waals surface area contributed by atoms with Crippen LogP contribution in [0.4, 0.5) is 5.69 Å². The highest BCUT2D eigenvalue weighted by molar-refractivity contribution is 7.99. The van der Waals surface area contributed by atoms with E-state index in [4.69, 9.17) is 16.3 Å². The second kappa shape index (κ2) is 9.77. The molecule has 0 unspecified atom stereocenters. The minimum atomic E-state index is -3.26. The summed E-state index contributed by atoms with van der Waals surface area (Å²) in [7, 11) is -3.26. The van der Waals surface area contributed by atoms with Crippen LogP contribution < -0.4 is 5.32 Å². The Balaban J connectivity index is 1.92.